The molecule has 0 aliphatic rings. The highest BCUT2D eigenvalue weighted by atomic mass is 16.5. The Hall–Kier alpha value is -0.610. The van der Waals surface area contributed by atoms with Crippen molar-refractivity contribution in [3.8, 4) is 0 Å². The van der Waals surface area contributed by atoms with Crippen molar-refractivity contribution in [2.24, 2.45) is 0 Å². The van der Waals surface area contributed by atoms with Crippen LogP contribution in [0.4, 0.5) is 0 Å². The first-order chi connectivity index (χ1) is 6.74. The number of unbranched alkanes of at least 4 members (excludes halogenated alkanes) is 2. The molecule has 0 aliphatic heterocycles. The summed E-state index contributed by atoms with van der Waals surface area (Å²) in [7, 11) is 0. The molecule has 0 unspecified atom stereocenters. The molecule has 4 heteroatoms. The smallest absolute Gasteiger partial charge is 0.307 e. The predicted molar refractivity (Wildman–Crippen MR) is 54.1 cm³/mol. The quantitative estimate of drug-likeness (QED) is 0.359. The second-order valence-corrected chi connectivity index (χ2v) is 3.33. The summed E-state index contributed by atoms with van der Waals surface area (Å²) in [5, 5.41) is 8.78. The first-order valence-electron chi connectivity index (χ1n) is 5.29. The van der Waals surface area contributed by atoms with E-state index in [1.807, 2.05) is 0 Å². The third-order valence-corrected chi connectivity index (χ3v) is 2.06. The molecule has 0 fully saturated rings. The summed E-state index contributed by atoms with van der Waals surface area (Å²) in [5.74, 6) is -0.254. The molecule has 14 heavy (non-hydrogen) atoms. The molecule has 0 rings (SSSR count). The van der Waals surface area contributed by atoms with E-state index in [0.29, 0.717) is 6.61 Å². The number of hydrogen-bond donors (Lipinski definition) is 2. The van der Waals surface area contributed by atoms with Crippen molar-refractivity contribution in [1.29, 1.82) is 0 Å². The van der Waals surface area contributed by atoms with Gasteiger partial charge in [0.2, 0.25) is 0 Å². The van der Waals surface area contributed by atoms with Crippen LogP contribution in [0.25, 0.3) is 0 Å². The van der Waals surface area contributed by atoms with E-state index in [4.69, 9.17) is 9.94 Å². The van der Waals surface area contributed by atoms with Crippen molar-refractivity contribution in [2.45, 2.75) is 52.0 Å². The number of hydroxylamine groups is 1. The van der Waals surface area contributed by atoms with Gasteiger partial charge in [-0.3, -0.25) is 4.79 Å². The van der Waals surface area contributed by atoms with Gasteiger partial charge in [-0.05, 0) is 13.3 Å². The molecule has 1 atom stereocenters. The van der Waals surface area contributed by atoms with Gasteiger partial charge in [-0.15, -0.1) is 0 Å². The summed E-state index contributed by atoms with van der Waals surface area (Å²) in [5.41, 5.74) is 2.15. The van der Waals surface area contributed by atoms with Crippen LogP contribution in [0.2, 0.25) is 0 Å². The molecule has 0 aromatic carbocycles. The highest BCUT2D eigenvalue weighted by molar-refractivity contribution is 5.70. The minimum atomic E-state index is -0.254. The van der Waals surface area contributed by atoms with Crippen molar-refractivity contribution in [1.82, 2.24) is 5.48 Å². The average Bonchev–Trinajstić information content (AvgIpc) is 2.17. The molecule has 0 bridgehead atoms. The van der Waals surface area contributed by atoms with Crippen LogP contribution >= 0.6 is 0 Å². The fraction of sp³-hybridized carbons (Fsp3) is 0.900. The van der Waals surface area contributed by atoms with Gasteiger partial charge in [0.1, 0.15) is 0 Å². The second kappa shape index (κ2) is 8.97. The van der Waals surface area contributed by atoms with Crippen LogP contribution in [-0.4, -0.2) is 23.8 Å². The number of ether oxygens (including phenoxy) is 1. The van der Waals surface area contributed by atoms with Gasteiger partial charge >= 0.3 is 5.97 Å². The lowest BCUT2D eigenvalue weighted by atomic mass is 10.1. The minimum Gasteiger partial charge on any atom is -0.466 e. The molecule has 0 aliphatic carbocycles. The number of rotatable bonds is 8. The van der Waals surface area contributed by atoms with E-state index in [-0.39, 0.29) is 18.4 Å². The molecule has 0 saturated carbocycles. The molecule has 0 amide bonds. The Labute approximate surface area is 85.6 Å². The van der Waals surface area contributed by atoms with Gasteiger partial charge in [0.25, 0.3) is 0 Å². The molecule has 4 nitrogen and oxygen atoms in total. The number of carbonyl (C=O) groups is 1. The molecule has 0 heterocycles. The number of carbonyl (C=O) groups excluding carboxylic acids is 1. The van der Waals surface area contributed by atoms with Crippen molar-refractivity contribution >= 4 is 5.97 Å². The molecule has 0 spiro atoms. The highest BCUT2D eigenvalue weighted by Gasteiger charge is 2.12. The summed E-state index contributed by atoms with van der Waals surface area (Å²) in [4.78, 5) is 11.1. The molecule has 0 saturated heterocycles. The molecule has 0 aromatic heterocycles. The van der Waals surface area contributed by atoms with Crippen molar-refractivity contribution in [2.75, 3.05) is 6.61 Å². The van der Waals surface area contributed by atoms with Crippen LogP contribution < -0.4 is 5.48 Å². The largest absolute Gasteiger partial charge is 0.466 e. The summed E-state index contributed by atoms with van der Waals surface area (Å²) in [6, 6.07) is -0.166. The third kappa shape index (κ3) is 6.86. The van der Waals surface area contributed by atoms with Crippen LogP contribution in [-0.2, 0) is 9.53 Å². The first kappa shape index (κ1) is 13.4. The summed E-state index contributed by atoms with van der Waals surface area (Å²) in [6.07, 6.45) is 4.34. The van der Waals surface area contributed by atoms with E-state index in [0.717, 1.165) is 25.7 Å². The monoisotopic (exact) mass is 203 g/mol. The summed E-state index contributed by atoms with van der Waals surface area (Å²) >= 11 is 0. The van der Waals surface area contributed by atoms with Gasteiger partial charge in [0, 0.05) is 6.04 Å². The van der Waals surface area contributed by atoms with Crippen molar-refractivity contribution < 1.29 is 14.7 Å². The molecular weight excluding hydrogens is 182 g/mol. The number of esters is 1. The zero-order valence-corrected chi connectivity index (χ0v) is 9.08. The zero-order chi connectivity index (χ0) is 10.8. The van der Waals surface area contributed by atoms with Gasteiger partial charge in [-0.25, -0.2) is 5.48 Å². The first-order valence-corrected chi connectivity index (χ1v) is 5.29. The van der Waals surface area contributed by atoms with Crippen LogP contribution in [0, 0.1) is 0 Å². The molecule has 0 radical (unpaired) electrons. The van der Waals surface area contributed by atoms with Crippen LogP contribution in [0.5, 0.6) is 0 Å². The Balaban J connectivity index is 3.61. The number of nitrogens with one attached hydrogen (secondary N) is 1. The maximum Gasteiger partial charge on any atom is 0.307 e. The van der Waals surface area contributed by atoms with Gasteiger partial charge in [0.15, 0.2) is 0 Å². The number of hydrogen-bond acceptors (Lipinski definition) is 4. The Morgan fingerprint density at radius 1 is 1.43 bits per heavy atom. The standard InChI is InChI=1S/C10H21NO3/c1-3-5-6-7-9(11-13)8-10(12)14-4-2/h9,11,13H,3-8H2,1-2H3/t9-/m1/s1. The topological polar surface area (TPSA) is 58.6 Å². The Morgan fingerprint density at radius 3 is 2.64 bits per heavy atom. The normalized spacial score (nSPS) is 12.5. The van der Waals surface area contributed by atoms with E-state index >= 15 is 0 Å². The summed E-state index contributed by atoms with van der Waals surface area (Å²) in [6.45, 7) is 4.29. The van der Waals surface area contributed by atoms with Gasteiger partial charge < -0.3 is 9.94 Å². The SMILES string of the molecule is CCCCC[C@H](CC(=O)OCC)NO. The van der Waals surface area contributed by atoms with E-state index in [2.05, 4.69) is 12.4 Å². The van der Waals surface area contributed by atoms with E-state index in [1.165, 1.54) is 0 Å². The molecule has 2 N–H and O–H groups in total. The van der Waals surface area contributed by atoms with Crippen LogP contribution in [0.1, 0.15) is 46.0 Å². The maximum atomic E-state index is 11.1. The van der Waals surface area contributed by atoms with Crippen LogP contribution in [0.15, 0.2) is 0 Å². The summed E-state index contributed by atoms with van der Waals surface area (Å²) < 4.78 is 4.79. The Kier molecular flexibility index (Phi) is 8.57. The van der Waals surface area contributed by atoms with E-state index < -0.39 is 0 Å². The van der Waals surface area contributed by atoms with Crippen LogP contribution in [0.3, 0.4) is 0 Å². The molecular formula is C10H21NO3. The predicted octanol–water partition coefficient (Wildman–Crippen LogP) is 1.87. The van der Waals surface area contributed by atoms with E-state index in [9.17, 15) is 4.79 Å². The fourth-order valence-corrected chi connectivity index (χ4v) is 1.27. The zero-order valence-electron chi connectivity index (χ0n) is 9.08. The van der Waals surface area contributed by atoms with Gasteiger partial charge in [0.05, 0.1) is 13.0 Å². The Bertz CT molecular complexity index is 150. The highest BCUT2D eigenvalue weighted by Crippen LogP contribution is 2.06. The average molecular weight is 203 g/mol. The lowest BCUT2D eigenvalue weighted by molar-refractivity contribution is -0.144. The van der Waals surface area contributed by atoms with Gasteiger partial charge in [-0.1, -0.05) is 26.2 Å². The lowest BCUT2D eigenvalue weighted by Crippen LogP contribution is -2.29. The maximum absolute atomic E-state index is 11.1. The fourth-order valence-electron chi connectivity index (χ4n) is 1.27. The van der Waals surface area contributed by atoms with Crippen molar-refractivity contribution in [3.63, 3.8) is 0 Å². The second-order valence-electron chi connectivity index (χ2n) is 3.33. The van der Waals surface area contributed by atoms with Crippen molar-refractivity contribution in [3.05, 3.63) is 0 Å². The Morgan fingerprint density at radius 2 is 2.14 bits per heavy atom. The van der Waals surface area contributed by atoms with E-state index in [1.54, 1.807) is 6.92 Å². The lowest BCUT2D eigenvalue weighted by Gasteiger charge is -2.13. The molecule has 0 aromatic rings. The molecule has 84 valence electrons. The third-order valence-electron chi connectivity index (χ3n) is 2.06. The minimum absolute atomic E-state index is 0.166. The van der Waals surface area contributed by atoms with Gasteiger partial charge in [-0.2, -0.15) is 0 Å².